The molecule has 0 aliphatic carbocycles. The monoisotopic (exact) mass is 280 g/mol. The Morgan fingerprint density at radius 3 is 2.38 bits per heavy atom. The smallest absolute Gasteiger partial charge is 0.141 e. The van der Waals surface area contributed by atoms with Crippen LogP contribution in [0.25, 0.3) is 10.8 Å². The van der Waals surface area contributed by atoms with Crippen molar-refractivity contribution < 1.29 is 9.13 Å². The van der Waals surface area contributed by atoms with Crippen molar-refractivity contribution in [3.05, 3.63) is 72.0 Å². The second kappa shape index (κ2) is 5.25. The topological polar surface area (TPSA) is 59.1 Å². The molecule has 104 valence electrons. The van der Waals surface area contributed by atoms with Gasteiger partial charge < -0.3 is 10.5 Å². The number of rotatable bonds is 3. The molecule has 0 aromatic heterocycles. The minimum atomic E-state index is -0.569. The first-order valence-corrected chi connectivity index (χ1v) is 6.45. The van der Waals surface area contributed by atoms with Crippen LogP contribution in [0.1, 0.15) is 5.56 Å². The summed E-state index contributed by atoms with van der Waals surface area (Å²) in [6.07, 6.45) is 0. The Kier molecular flexibility index (Phi) is 3.28. The van der Waals surface area contributed by atoms with Crippen molar-refractivity contribution in [3.8, 4) is 11.5 Å². The highest BCUT2D eigenvalue weighted by atomic mass is 19.1. The van der Waals surface area contributed by atoms with Gasteiger partial charge in [-0.25, -0.2) is 4.39 Å². The van der Waals surface area contributed by atoms with E-state index in [9.17, 15) is 4.39 Å². The molecule has 3 aromatic rings. The van der Waals surface area contributed by atoms with Crippen LogP contribution < -0.4 is 10.5 Å². The summed E-state index contributed by atoms with van der Waals surface area (Å²) >= 11 is 0. The number of nitrogen functional groups attached to an aromatic ring is 1. The number of fused-ring (bicyclic) bond motifs is 1. The average molecular weight is 280 g/mol. The molecular formula is C17H13FN2O. The maximum absolute atomic E-state index is 13.8. The zero-order valence-electron chi connectivity index (χ0n) is 11.1. The van der Waals surface area contributed by atoms with Crippen LogP contribution in [0.4, 0.5) is 4.39 Å². The van der Waals surface area contributed by atoms with Crippen molar-refractivity contribution in [2.24, 2.45) is 5.73 Å². The molecule has 0 bridgehead atoms. The zero-order chi connectivity index (χ0) is 14.8. The van der Waals surface area contributed by atoms with E-state index in [2.05, 4.69) is 0 Å². The molecule has 3 aromatic carbocycles. The fourth-order valence-electron chi connectivity index (χ4n) is 2.25. The van der Waals surface area contributed by atoms with E-state index in [1.54, 1.807) is 12.1 Å². The summed E-state index contributed by atoms with van der Waals surface area (Å²) in [6, 6.07) is 17.8. The zero-order valence-corrected chi connectivity index (χ0v) is 11.1. The molecule has 0 saturated carbocycles. The summed E-state index contributed by atoms with van der Waals surface area (Å²) in [7, 11) is 0. The van der Waals surface area contributed by atoms with Gasteiger partial charge in [-0.2, -0.15) is 0 Å². The Balaban J connectivity index is 2.12. The van der Waals surface area contributed by atoms with Crippen LogP contribution in [0.3, 0.4) is 0 Å². The number of amidine groups is 1. The Morgan fingerprint density at radius 2 is 1.57 bits per heavy atom. The molecule has 0 heterocycles. The van der Waals surface area contributed by atoms with Crippen LogP contribution in [0.5, 0.6) is 11.5 Å². The van der Waals surface area contributed by atoms with Crippen LogP contribution >= 0.6 is 0 Å². The molecule has 0 radical (unpaired) electrons. The summed E-state index contributed by atoms with van der Waals surface area (Å²) in [6.45, 7) is 0. The third-order valence-electron chi connectivity index (χ3n) is 3.21. The maximum Gasteiger partial charge on any atom is 0.141 e. The number of ether oxygens (including phenoxy) is 1. The maximum atomic E-state index is 13.8. The first-order valence-electron chi connectivity index (χ1n) is 6.45. The van der Waals surface area contributed by atoms with Gasteiger partial charge in [0, 0.05) is 5.39 Å². The highest BCUT2D eigenvalue weighted by Crippen LogP contribution is 2.32. The average Bonchev–Trinajstić information content (AvgIpc) is 2.47. The fourth-order valence-corrected chi connectivity index (χ4v) is 2.25. The van der Waals surface area contributed by atoms with Gasteiger partial charge in [0.05, 0.1) is 5.56 Å². The SMILES string of the molecule is N=C(N)c1c(F)cccc1Oc1cccc2ccccc12. The summed E-state index contributed by atoms with van der Waals surface area (Å²) < 4.78 is 19.6. The highest BCUT2D eigenvalue weighted by Gasteiger charge is 2.14. The summed E-state index contributed by atoms with van der Waals surface area (Å²) in [5.74, 6) is -0.0939. The van der Waals surface area contributed by atoms with Crippen molar-refractivity contribution >= 4 is 16.6 Å². The molecule has 3 nitrogen and oxygen atoms in total. The van der Waals surface area contributed by atoms with Gasteiger partial charge in [0.25, 0.3) is 0 Å². The van der Waals surface area contributed by atoms with Crippen LogP contribution in [0.15, 0.2) is 60.7 Å². The lowest BCUT2D eigenvalue weighted by atomic mass is 10.1. The Labute approximate surface area is 121 Å². The van der Waals surface area contributed by atoms with Crippen LogP contribution in [0.2, 0.25) is 0 Å². The van der Waals surface area contributed by atoms with E-state index in [4.69, 9.17) is 15.9 Å². The van der Waals surface area contributed by atoms with Crippen molar-refractivity contribution in [2.75, 3.05) is 0 Å². The molecule has 3 N–H and O–H groups in total. The number of nitrogens with one attached hydrogen (secondary N) is 1. The Morgan fingerprint density at radius 1 is 0.905 bits per heavy atom. The van der Waals surface area contributed by atoms with E-state index in [1.807, 2.05) is 36.4 Å². The van der Waals surface area contributed by atoms with E-state index in [1.165, 1.54) is 12.1 Å². The van der Waals surface area contributed by atoms with E-state index in [0.29, 0.717) is 5.75 Å². The van der Waals surface area contributed by atoms with Crippen molar-refractivity contribution in [1.29, 1.82) is 5.41 Å². The van der Waals surface area contributed by atoms with Gasteiger partial charge >= 0.3 is 0 Å². The van der Waals surface area contributed by atoms with Gasteiger partial charge in [0.2, 0.25) is 0 Å². The third kappa shape index (κ3) is 2.43. The van der Waals surface area contributed by atoms with Crippen LogP contribution in [0, 0.1) is 11.2 Å². The number of benzene rings is 3. The summed E-state index contributed by atoms with van der Waals surface area (Å²) in [5.41, 5.74) is 5.42. The molecular weight excluding hydrogens is 267 g/mol. The molecule has 0 unspecified atom stereocenters. The minimum Gasteiger partial charge on any atom is -0.456 e. The second-order valence-electron chi connectivity index (χ2n) is 4.61. The number of hydrogen-bond acceptors (Lipinski definition) is 2. The van der Waals surface area contributed by atoms with Crippen molar-refractivity contribution in [3.63, 3.8) is 0 Å². The van der Waals surface area contributed by atoms with Crippen LogP contribution in [-0.2, 0) is 0 Å². The molecule has 0 spiro atoms. The van der Waals surface area contributed by atoms with Gasteiger partial charge in [-0.05, 0) is 23.6 Å². The molecule has 21 heavy (non-hydrogen) atoms. The summed E-state index contributed by atoms with van der Waals surface area (Å²) in [4.78, 5) is 0. The second-order valence-corrected chi connectivity index (χ2v) is 4.61. The lowest BCUT2D eigenvalue weighted by Crippen LogP contribution is -2.14. The predicted octanol–water partition coefficient (Wildman–Crippen LogP) is 4.06. The number of nitrogens with two attached hydrogens (primary N) is 1. The van der Waals surface area contributed by atoms with Gasteiger partial charge in [-0.1, -0.05) is 42.5 Å². The standard InChI is InChI=1S/C17H13FN2O/c18-13-8-4-10-15(16(13)17(19)20)21-14-9-3-6-11-5-1-2-7-12(11)14/h1-10H,(H3,19,20). The van der Waals surface area contributed by atoms with Gasteiger partial charge in [0.15, 0.2) is 0 Å². The van der Waals surface area contributed by atoms with Gasteiger partial charge in [0.1, 0.15) is 23.2 Å². The third-order valence-corrected chi connectivity index (χ3v) is 3.21. The highest BCUT2D eigenvalue weighted by molar-refractivity contribution is 5.98. The van der Waals surface area contributed by atoms with E-state index < -0.39 is 5.82 Å². The van der Waals surface area contributed by atoms with E-state index in [0.717, 1.165) is 10.8 Å². The van der Waals surface area contributed by atoms with Crippen molar-refractivity contribution in [1.82, 2.24) is 0 Å². The molecule has 0 aliphatic heterocycles. The lowest BCUT2D eigenvalue weighted by Gasteiger charge is -2.12. The lowest BCUT2D eigenvalue weighted by molar-refractivity contribution is 0.480. The van der Waals surface area contributed by atoms with Gasteiger partial charge in [-0.15, -0.1) is 0 Å². The van der Waals surface area contributed by atoms with Crippen LogP contribution in [-0.4, -0.2) is 5.84 Å². The predicted molar refractivity (Wildman–Crippen MR) is 81.4 cm³/mol. The molecule has 4 heteroatoms. The van der Waals surface area contributed by atoms with E-state index >= 15 is 0 Å². The molecule has 0 fully saturated rings. The van der Waals surface area contributed by atoms with E-state index in [-0.39, 0.29) is 17.1 Å². The molecule has 0 saturated heterocycles. The molecule has 0 aliphatic rings. The van der Waals surface area contributed by atoms with Gasteiger partial charge in [-0.3, -0.25) is 5.41 Å². The Bertz CT molecular complexity index is 825. The minimum absolute atomic E-state index is 0.0227. The molecule has 0 atom stereocenters. The van der Waals surface area contributed by atoms with Crippen molar-refractivity contribution in [2.45, 2.75) is 0 Å². The first kappa shape index (κ1) is 13.1. The molecule has 0 amide bonds. The largest absolute Gasteiger partial charge is 0.456 e. The normalized spacial score (nSPS) is 10.5. The summed E-state index contributed by atoms with van der Waals surface area (Å²) in [5, 5.41) is 9.44. The number of hydrogen-bond donors (Lipinski definition) is 2. The quantitative estimate of drug-likeness (QED) is 0.561. The Hall–Kier alpha value is -2.88. The fraction of sp³-hybridized carbons (Fsp3) is 0. The number of halogens is 1. The molecule has 3 rings (SSSR count). The first-order chi connectivity index (χ1) is 10.2.